The van der Waals surface area contributed by atoms with E-state index in [0.717, 1.165) is 135 Å². The number of hydrogen-bond acceptors (Lipinski definition) is 6. The molecule has 0 saturated carbocycles. The molecular formula is C73H124O6. The monoisotopic (exact) mass is 1100 g/mol. The van der Waals surface area contributed by atoms with Crippen LogP contribution < -0.4 is 0 Å². The second-order valence-corrected chi connectivity index (χ2v) is 22.0. The van der Waals surface area contributed by atoms with Gasteiger partial charge in [0.25, 0.3) is 0 Å². The van der Waals surface area contributed by atoms with Crippen LogP contribution in [-0.4, -0.2) is 37.2 Å². The third kappa shape index (κ3) is 64.8. The molecule has 0 aliphatic heterocycles. The van der Waals surface area contributed by atoms with E-state index in [4.69, 9.17) is 14.2 Å². The van der Waals surface area contributed by atoms with E-state index < -0.39 is 6.10 Å². The Kier molecular flexibility index (Phi) is 63.3. The maximum atomic E-state index is 12.9. The van der Waals surface area contributed by atoms with Crippen molar-refractivity contribution >= 4 is 17.9 Å². The minimum atomic E-state index is -0.784. The lowest BCUT2D eigenvalue weighted by molar-refractivity contribution is -0.167. The SMILES string of the molecule is CC/C=C\C/C=C\C/C=C\C/C=C\C/C=C\C/C=C\C/C=C\C/C=C\C/C=C\CCCCCCCC(=O)OCC(COC(=O)CCCCCCCCCCCCCCCC)OC(=O)CCCCCCCCCCCCCCCC. The average molecular weight is 1100 g/mol. The van der Waals surface area contributed by atoms with E-state index in [1.165, 1.54) is 141 Å². The van der Waals surface area contributed by atoms with Crippen molar-refractivity contribution in [1.82, 2.24) is 0 Å². The Morgan fingerprint density at radius 3 is 0.772 bits per heavy atom. The molecule has 0 aromatic rings. The summed E-state index contributed by atoms with van der Waals surface area (Å²) < 4.78 is 16.9. The summed E-state index contributed by atoms with van der Waals surface area (Å²) in [7, 11) is 0. The number of unbranched alkanes of at least 4 members (excludes halogenated alkanes) is 31. The number of hydrogen-bond donors (Lipinski definition) is 0. The van der Waals surface area contributed by atoms with Gasteiger partial charge >= 0.3 is 17.9 Å². The van der Waals surface area contributed by atoms with E-state index in [1.54, 1.807) is 0 Å². The van der Waals surface area contributed by atoms with E-state index in [2.05, 4.69) is 130 Å². The molecule has 0 spiro atoms. The topological polar surface area (TPSA) is 78.9 Å². The summed E-state index contributed by atoms with van der Waals surface area (Å²) >= 11 is 0. The Labute approximate surface area is 489 Å². The van der Waals surface area contributed by atoms with E-state index in [1.807, 2.05) is 0 Å². The van der Waals surface area contributed by atoms with Gasteiger partial charge in [-0.05, 0) is 89.9 Å². The van der Waals surface area contributed by atoms with Crippen molar-refractivity contribution in [1.29, 1.82) is 0 Å². The quantitative estimate of drug-likeness (QED) is 0.0261. The van der Waals surface area contributed by atoms with Crippen LogP contribution in [-0.2, 0) is 28.6 Å². The summed E-state index contributed by atoms with van der Waals surface area (Å²) in [5, 5.41) is 0. The van der Waals surface area contributed by atoms with Crippen molar-refractivity contribution in [2.75, 3.05) is 13.2 Å². The largest absolute Gasteiger partial charge is 0.462 e. The van der Waals surface area contributed by atoms with Gasteiger partial charge in [-0.3, -0.25) is 14.4 Å². The summed E-state index contributed by atoms with van der Waals surface area (Å²) in [5.74, 6) is -0.887. The number of esters is 3. The zero-order valence-corrected chi connectivity index (χ0v) is 51.9. The third-order valence-electron chi connectivity index (χ3n) is 14.3. The van der Waals surface area contributed by atoms with Crippen molar-refractivity contribution in [3.8, 4) is 0 Å². The zero-order valence-electron chi connectivity index (χ0n) is 51.9. The number of rotatable bonds is 60. The molecular weight excluding hydrogens is 973 g/mol. The van der Waals surface area contributed by atoms with Crippen molar-refractivity contribution < 1.29 is 28.6 Å². The third-order valence-corrected chi connectivity index (χ3v) is 14.3. The van der Waals surface area contributed by atoms with E-state index >= 15 is 0 Å². The fourth-order valence-corrected chi connectivity index (χ4v) is 9.32. The van der Waals surface area contributed by atoms with Gasteiger partial charge in [0, 0.05) is 19.3 Å². The van der Waals surface area contributed by atoms with Gasteiger partial charge in [-0.15, -0.1) is 0 Å². The molecule has 0 heterocycles. The van der Waals surface area contributed by atoms with Crippen LogP contribution in [0.5, 0.6) is 0 Å². The van der Waals surface area contributed by atoms with Gasteiger partial charge in [0.2, 0.25) is 0 Å². The van der Waals surface area contributed by atoms with Crippen LogP contribution in [0.4, 0.5) is 0 Å². The lowest BCUT2D eigenvalue weighted by Crippen LogP contribution is -2.30. The first kappa shape index (κ1) is 75.1. The van der Waals surface area contributed by atoms with Crippen molar-refractivity contribution in [2.24, 2.45) is 0 Å². The predicted octanol–water partition coefficient (Wildman–Crippen LogP) is 23.0. The molecule has 0 fully saturated rings. The van der Waals surface area contributed by atoms with Crippen LogP contribution in [0, 0.1) is 0 Å². The van der Waals surface area contributed by atoms with Gasteiger partial charge in [-0.1, -0.05) is 316 Å². The number of carbonyl (C=O) groups is 3. The molecule has 6 heteroatoms. The molecule has 0 N–H and O–H groups in total. The molecule has 0 aliphatic rings. The predicted molar refractivity (Wildman–Crippen MR) is 343 cm³/mol. The molecule has 1 unspecified atom stereocenters. The summed E-state index contributed by atoms with van der Waals surface area (Å²) in [5.41, 5.74) is 0. The van der Waals surface area contributed by atoms with Gasteiger partial charge < -0.3 is 14.2 Å². The zero-order chi connectivity index (χ0) is 57.1. The van der Waals surface area contributed by atoms with Gasteiger partial charge in [0.15, 0.2) is 6.10 Å². The van der Waals surface area contributed by atoms with Crippen LogP contribution in [0.15, 0.2) is 109 Å². The van der Waals surface area contributed by atoms with Gasteiger partial charge in [-0.25, -0.2) is 0 Å². The maximum Gasteiger partial charge on any atom is 0.306 e. The van der Waals surface area contributed by atoms with E-state index in [0.29, 0.717) is 19.3 Å². The highest BCUT2D eigenvalue weighted by Crippen LogP contribution is 2.17. The highest BCUT2D eigenvalue weighted by atomic mass is 16.6. The number of carbonyl (C=O) groups excluding carboxylic acids is 3. The summed E-state index contributed by atoms with van der Waals surface area (Å²) in [6, 6.07) is 0. The second kappa shape index (κ2) is 66.6. The van der Waals surface area contributed by atoms with Gasteiger partial charge in [-0.2, -0.15) is 0 Å². The lowest BCUT2D eigenvalue weighted by atomic mass is 10.0. The minimum absolute atomic E-state index is 0.0798. The van der Waals surface area contributed by atoms with Crippen LogP contribution in [0.3, 0.4) is 0 Å². The molecule has 0 aromatic carbocycles. The normalized spacial score (nSPS) is 12.8. The molecule has 452 valence electrons. The summed E-state index contributed by atoms with van der Waals surface area (Å²) in [6.45, 7) is 6.54. The molecule has 0 bridgehead atoms. The van der Waals surface area contributed by atoms with Crippen molar-refractivity contribution in [3.63, 3.8) is 0 Å². The van der Waals surface area contributed by atoms with Gasteiger partial charge in [0.05, 0.1) is 0 Å². The molecule has 79 heavy (non-hydrogen) atoms. The second-order valence-electron chi connectivity index (χ2n) is 22.0. The van der Waals surface area contributed by atoms with E-state index in [9.17, 15) is 14.4 Å². The van der Waals surface area contributed by atoms with Crippen LogP contribution in [0.2, 0.25) is 0 Å². The first-order valence-electron chi connectivity index (χ1n) is 33.4. The molecule has 0 rings (SSSR count). The van der Waals surface area contributed by atoms with Gasteiger partial charge in [0.1, 0.15) is 13.2 Å². The fraction of sp³-hybridized carbons (Fsp3) is 0.712. The van der Waals surface area contributed by atoms with Crippen molar-refractivity contribution in [2.45, 2.75) is 322 Å². The Morgan fingerprint density at radius 1 is 0.266 bits per heavy atom. The van der Waals surface area contributed by atoms with Crippen LogP contribution in [0.25, 0.3) is 0 Å². The molecule has 1 atom stereocenters. The van der Waals surface area contributed by atoms with E-state index in [-0.39, 0.29) is 31.1 Å². The standard InChI is InChI=1S/C73H124O6/c1-4-7-10-13-16-19-22-25-28-29-30-31-32-33-34-35-36-37-38-39-40-41-42-43-44-45-46-49-51-54-57-60-63-66-72(75)78-69-70(79-73(76)67-64-61-58-55-52-48-27-24-21-18-15-12-9-6-3)68-77-71(74)65-62-59-56-53-50-47-26-23-20-17-14-11-8-5-2/h7,10,16,19,25,28,30-31,33-34,36-37,39-40,42-43,45-46,70H,4-6,8-9,11-15,17-18,20-24,26-27,29,32,35,38,41,44,47-69H2,1-3H3/b10-7-,19-16-,28-25-,31-30-,34-33-,37-36-,40-39-,43-42-,46-45-. The Bertz CT molecular complexity index is 1590. The molecule has 6 nitrogen and oxygen atoms in total. The molecule has 0 aromatic heterocycles. The fourth-order valence-electron chi connectivity index (χ4n) is 9.32. The molecule has 0 saturated heterocycles. The molecule has 0 radical (unpaired) electrons. The average Bonchev–Trinajstić information content (AvgIpc) is 3.45. The van der Waals surface area contributed by atoms with Crippen LogP contribution >= 0.6 is 0 Å². The first-order chi connectivity index (χ1) is 39.0. The Hall–Kier alpha value is -3.93. The highest BCUT2D eigenvalue weighted by molar-refractivity contribution is 5.71. The highest BCUT2D eigenvalue weighted by Gasteiger charge is 2.19. The van der Waals surface area contributed by atoms with Crippen molar-refractivity contribution in [3.05, 3.63) is 109 Å². The number of allylic oxidation sites excluding steroid dienone is 18. The molecule has 0 amide bonds. The summed E-state index contributed by atoms with van der Waals surface area (Å²) in [6.07, 6.45) is 91.0. The first-order valence-corrected chi connectivity index (χ1v) is 33.4. The van der Waals surface area contributed by atoms with Crippen LogP contribution in [0.1, 0.15) is 316 Å². The number of ether oxygens (including phenoxy) is 3. The minimum Gasteiger partial charge on any atom is -0.462 e. The smallest absolute Gasteiger partial charge is 0.306 e. The maximum absolute atomic E-state index is 12.9. The Morgan fingerprint density at radius 2 is 0.494 bits per heavy atom. The summed E-state index contributed by atoms with van der Waals surface area (Å²) in [4.78, 5) is 38.3. The Balaban J connectivity index is 4.29. The molecule has 0 aliphatic carbocycles. The lowest BCUT2D eigenvalue weighted by Gasteiger charge is -2.18.